The van der Waals surface area contributed by atoms with E-state index in [0.29, 0.717) is 4.90 Å². The molecule has 0 saturated heterocycles. The van der Waals surface area contributed by atoms with E-state index in [-0.39, 0.29) is 11.3 Å². The van der Waals surface area contributed by atoms with E-state index in [1.54, 1.807) is 0 Å². The predicted molar refractivity (Wildman–Crippen MR) is 82.8 cm³/mol. The maximum Gasteiger partial charge on any atom is 0.183 e. The topological polar surface area (TPSA) is 46.2 Å². The van der Waals surface area contributed by atoms with Gasteiger partial charge in [0.1, 0.15) is 0 Å². The highest BCUT2D eigenvalue weighted by molar-refractivity contribution is 7.92. The number of aryl methyl sites for hydroxylation is 2. The summed E-state index contributed by atoms with van der Waals surface area (Å²) in [5.74, 6) is 0. The van der Waals surface area contributed by atoms with Crippen molar-refractivity contribution in [1.82, 2.24) is 5.32 Å². The zero-order valence-electron chi connectivity index (χ0n) is 12.9. The van der Waals surface area contributed by atoms with Crippen molar-refractivity contribution in [3.63, 3.8) is 0 Å². The molecule has 112 valence electrons. The summed E-state index contributed by atoms with van der Waals surface area (Å²) in [6.45, 7) is 9.03. The van der Waals surface area contributed by atoms with Crippen molar-refractivity contribution in [3.05, 3.63) is 28.8 Å². The molecule has 3 nitrogen and oxygen atoms in total. The van der Waals surface area contributed by atoms with E-state index in [0.717, 1.165) is 36.9 Å². The Morgan fingerprint density at radius 1 is 1.10 bits per heavy atom. The Labute approximate surface area is 122 Å². The van der Waals surface area contributed by atoms with Gasteiger partial charge in [0.25, 0.3) is 0 Å². The molecule has 0 saturated carbocycles. The van der Waals surface area contributed by atoms with Crippen LogP contribution in [0, 0.1) is 13.8 Å². The van der Waals surface area contributed by atoms with Crippen LogP contribution in [0.15, 0.2) is 17.0 Å². The van der Waals surface area contributed by atoms with Gasteiger partial charge >= 0.3 is 0 Å². The fourth-order valence-corrected chi connectivity index (χ4v) is 5.32. The lowest BCUT2D eigenvalue weighted by molar-refractivity contribution is 0.481. The molecule has 2 rings (SSSR count). The zero-order chi connectivity index (χ0) is 14.9. The highest BCUT2D eigenvalue weighted by Gasteiger charge is 2.44. The minimum atomic E-state index is -3.19. The molecular formula is C16H25NO2S. The monoisotopic (exact) mass is 295 g/mol. The first-order chi connectivity index (χ1) is 9.43. The molecule has 1 aromatic carbocycles. The van der Waals surface area contributed by atoms with Gasteiger partial charge < -0.3 is 5.32 Å². The molecule has 0 spiro atoms. The minimum absolute atomic E-state index is 0.0470. The van der Waals surface area contributed by atoms with Gasteiger partial charge in [-0.2, -0.15) is 0 Å². The van der Waals surface area contributed by atoms with E-state index < -0.39 is 9.84 Å². The third kappa shape index (κ3) is 2.51. The maximum absolute atomic E-state index is 12.8. The van der Waals surface area contributed by atoms with Crippen LogP contribution in [-0.4, -0.2) is 20.2 Å². The summed E-state index contributed by atoms with van der Waals surface area (Å²) in [6.07, 6.45) is 2.62. The number of fused-ring (bicyclic) bond motifs is 1. The van der Waals surface area contributed by atoms with Crippen LogP contribution in [0.4, 0.5) is 0 Å². The molecular weight excluding hydrogens is 270 g/mol. The summed E-state index contributed by atoms with van der Waals surface area (Å²) in [5, 5.41) is 3.14. The molecule has 1 aromatic rings. The fraction of sp³-hybridized carbons (Fsp3) is 0.625. The molecule has 0 radical (unpaired) electrons. The molecule has 0 aliphatic carbocycles. The molecule has 1 N–H and O–H groups in total. The molecule has 1 aliphatic heterocycles. The normalized spacial score (nSPS) is 23.8. The highest BCUT2D eigenvalue weighted by Crippen LogP contribution is 2.42. The molecule has 2 atom stereocenters. The smallest absolute Gasteiger partial charge is 0.183 e. The Morgan fingerprint density at radius 2 is 1.75 bits per heavy atom. The SMILES string of the molecule is CCCNC1c2cc(C)c(C)cc2S(=O)(=O)C1CCC. The molecule has 0 bridgehead atoms. The summed E-state index contributed by atoms with van der Waals surface area (Å²) in [7, 11) is -3.19. The molecule has 1 aliphatic rings. The van der Waals surface area contributed by atoms with Gasteiger partial charge in [0.15, 0.2) is 9.84 Å². The number of nitrogens with one attached hydrogen (secondary N) is 1. The number of sulfone groups is 1. The van der Waals surface area contributed by atoms with Crippen molar-refractivity contribution >= 4 is 9.84 Å². The van der Waals surface area contributed by atoms with E-state index in [1.807, 2.05) is 26.8 Å². The number of benzene rings is 1. The van der Waals surface area contributed by atoms with Crippen molar-refractivity contribution in [3.8, 4) is 0 Å². The third-order valence-electron chi connectivity index (χ3n) is 4.23. The second-order valence-corrected chi connectivity index (χ2v) is 7.91. The van der Waals surface area contributed by atoms with Gasteiger partial charge in [0, 0.05) is 0 Å². The average Bonchev–Trinajstić information content (AvgIpc) is 2.58. The molecule has 1 heterocycles. The van der Waals surface area contributed by atoms with E-state index in [9.17, 15) is 8.42 Å². The van der Waals surface area contributed by atoms with Gasteiger partial charge in [0.05, 0.1) is 16.2 Å². The van der Waals surface area contributed by atoms with Crippen molar-refractivity contribution in [2.75, 3.05) is 6.54 Å². The first-order valence-electron chi connectivity index (χ1n) is 7.51. The van der Waals surface area contributed by atoms with Crippen LogP contribution in [0.25, 0.3) is 0 Å². The third-order valence-corrected chi connectivity index (χ3v) is 6.50. The molecule has 0 aromatic heterocycles. The van der Waals surface area contributed by atoms with E-state index >= 15 is 0 Å². The molecule has 4 heteroatoms. The van der Waals surface area contributed by atoms with Crippen molar-refractivity contribution < 1.29 is 8.42 Å². The Bertz CT molecular complexity index is 593. The summed E-state index contributed by atoms with van der Waals surface area (Å²) in [4.78, 5) is 0.549. The highest BCUT2D eigenvalue weighted by atomic mass is 32.2. The van der Waals surface area contributed by atoms with Gasteiger partial charge in [-0.3, -0.25) is 0 Å². The second kappa shape index (κ2) is 5.86. The fourth-order valence-electron chi connectivity index (χ4n) is 2.99. The largest absolute Gasteiger partial charge is 0.309 e. The van der Waals surface area contributed by atoms with Crippen LogP contribution in [0.2, 0.25) is 0 Å². The van der Waals surface area contributed by atoms with Crippen LogP contribution in [-0.2, 0) is 9.84 Å². The predicted octanol–water partition coefficient (Wildman–Crippen LogP) is 3.30. The van der Waals surface area contributed by atoms with Crippen LogP contribution in [0.3, 0.4) is 0 Å². The summed E-state index contributed by atoms with van der Waals surface area (Å²) < 4.78 is 25.5. The van der Waals surface area contributed by atoms with Gasteiger partial charge in [-0.1, -0.05) is 26.3 Å². The van der Waals surface area contributed by atoms with Gasteiger partial charge in [-0.25, -0.2) is 8.42 Å². The molecule has 0 fully saturated rings. The van der Waals surface area contributed by atoms with Gasteiger partial charge in [-0.15, -0.1) is 0 Å². The van der Waals surface area contributed by atoms with E-state index in [2.05, 4.69) is 18.3 Å². The standard InChI is InChI=1S/C16H25NO2S/c1-5-7-14-16(17-8-6-2)13-9-11(3)12(4)10-15(13)20(14,18)19/h9-10,14,16-17H,5-8H2,1-4H3. The number of rotatable bonds is 5. The van der Waals surface area contributed by atoms with Crippen molar-refractivity contribution in [1.29, 1.82) is 0 Å². The maximum atomic E-state index is 12.8. The summed E-state index contributed by atoms with van der Waals surface area (Å²) in [5.41, 5.74) is 3.19. The van der Waals surface area contributed by atoms with E-state index in [1.165, 1.54) is 5.56 Å². The lowest BCUT2D eigenvalue weighted by atomic mass is 9.97. The first-order valence-corrected chi connectivity index (χ1v) is 9.06. The lowest BCUT2D eigenvalue weighted by Gasteiger charge is -2.20. The zero-order valence-corrected chi connectivity index (χ0v) is 13.7. The van der Waals surface area contributed by atoms with Crippen LogP contribution in [0.5, 0.6) is 0 Å². The Kier molecular flexibility index (Phi) is 4.55. The Hall–Kier alpha value is -0.870. The van der Waals surface area contributed by atoms with Crippen molar-refractivity contribution in [2.45, 2.75) is 63.1 Å². The Balaban J connectivity index is 2.53. The number of hydrogen-bond acceptors (Lipinski definition) is 3. The van der Waals surface area contributed by atoms with Gasteiger partial charge in [0.2, 0.25) is 0 Å². The first kappa shape index (κ1) is 15.5. The van der Waals surface area contributed by atoms with Crippen LogP contribution >= 0.6 is 0 Å². The van der Waals surface area contributed by atoms with Gasteiger partial charge in [-0.05, 0) is 56.0 Å². The average molecular weight is 295 g/mol. The molecule has 0 amide bonds. The Morgan fingerprint density at radius 3 is 2.35 bits per heavy atom. The van der Waals surface area contributed by atoms with Crippen LogP contribution < -0.4 is 5.32 Å². The molecule has 2 unspecified atom stereocenters. The summed E-state index contributed by atoms with van der Waals surface area (Å²) >= 11 is 0. The quantitative estimate of drug-likeness (QED) is 0.906. The molecule has 20 heavy (non-hydrogen) atoms. The lowest BCUT2D eigenvalue weighted by Crippen LogP contribution is -2.32. The number of hydrogen-bond donors (Lipinski definition) is 1. The van der Waals surface area contributed by atoms with E-state index in [4.69, 9.17) is 0 Å². The second-order valence-electron chi connectivity index (χ2n) is 5.78. The van der Waals surface area contributed by atoms with Crippen molar-refractivity contribution in [2.24, 2.45) is 0 Å². The minimum Gasteiger partial charge on any atom is -0.309 e. The van der Waals surface area contributed by atoms with Crippen LogP contribution in [0.1, 0.15) is 55.8 Å². The summed E-state index contributed by atoms with van der Waals surface area (Å²) in [6, 6.07) is 3.87.